The maximum atomic E-state index is 13.3. The minimum Gasteiger partial charge on any atom is -0.484 e. The monoisotopic (exact) mass is 316 g/mol. The molecule has 0 aromatic heterocycles. The molecule has 0 radical (unpaired) electrons. The lowest BCUT2D eigenvalue weighted by Gasteiger charge is -2.18. The summed E-state index contributed by atoms with van der Waals surface area (Å²) in [4.78, 5) is 31.5. The van der Waals surface area contributed by atoms with Crippen LogP contribution in [0.2, 0.25) is 0 Å². The number of aliphatic hydroxyl groups is 1. The van der Waals surface area contributed by atoms with E-state index in [9.17, 15) is 29.2 Å². The van der Waals surface area contributed by atoms with Gasteiger partial charge in [0.1, 0.15) is 5.75 Å². The minimum absolute atomic E-state index is 0.108. The Morgan fingerprint density at radius 1 is 1.50 bits per heavy atom. The molecule has 9 nitrogen and oxygen atoms in total. The molecule has 1 aromatic carbocycles. The average molecular weight is 316 g/mol. The highest BCUT2D eigenvalue weighted by atomic mass is 19.1. The van der Waals surface area contributed by atoms with E-state index in [1.54, 1.807) is 0 Å². The van der Waals surface area contributed by atoms with Gasteiger partial charge in [-0.05, 0) is 13.0 Å². The highest BCUT2D eigenvalue weighted by Crippen LogP contribution is 2.22. The lowest BCUT2D eigenvalue weighted by atomic mass is 10.1. The van der Waals surface area contributed by atoms with Gasteiger partial charge in [-0.2, -0.15) is 4.39 Å². The summed E-state index contributed by atoms with van der Waals surface area (Å²) in [5, 5.41) is 30.6. The fraction of sp³-hybridized carbons (Fsp3) is 0.333. The number of nitro benzene ring substituents is 1. The summed E-state index contributed by atoms with van der Waals surface area (Å²) >= 11 is 0. The van der Waals surface area contributed by atoms with E-state index in [0.717, 1.165) is 25.1 Å². The molecule has 1 unspecified atom stereocenters. The number of carbonyl (C=O) groups excluding carboxylic acids is 1. The SMILES string of the molecule is CC(O)(CNC(=O)COc1ccc([N+](=O)[O-])c(F)c1)C(=O)O. The second-order valence-electron chi connectivity index (χ2n) is 4.51. The van der Waals surface area contributed by atoms with E-state index in [4.69, 9.17) is 9.84 Å². The first-order valence-electron chi connectivity index (χ1n) is 5.92. The molecule has 0 spiro atoms. The molecular weight excluding hydrogens is 303 g/mol. The van der Waals surface area contributed by atoms with Crippen LogP contribution in [0.1, 0.15) is 6.92 Å². The quantitative estimate of drug-likeness (QED) is 0.477. The zero-order valence-corrected chi connectivity index (χ0v) is 11.4. The van der Waals surface area contributed by atoms with Crippen LogP contribution in [0.15, 0.2) is 18.2 Å². The first-order valence-corrected chi connectivity index (χ1v) is 5.92. The Kier molecular flexibility index (Phi) is 5.35. The summed E-state index contributed by atoms with van der Waals surface area (Å²) in [7, 11) is 0. The number of amides is 1. The number of nitrogens with zero attached hydrogens (tertiary/aromatic N) is 1. The fourth-order valence-corrected chi connectivity index (χ4v) is 1.27. The molecule has 0 aliphatic rings. The van der Waals surface area contributed by atoms with Crippen LogP contribution in [0.4, 0.5) is 10.1 Å². The predicted molar refractivity (Wildman–Crippen MR) is 69.8 cm³/mol. The van der Waals surface area contributed by atoms with Crippen molar-refractivity contribution in [2.45, 2.75) is 12.5 Å². The van der Waals surface area contributed by atoms with Gasteiger partial charge < -0.3 is 20.3 Å². The Hall–Kier alpha value is -2.75. The first kappa shape index (κ1) is 17.3. The van der Waals surface area contributed by atoms with E-state index in [-0.39, 0.29) is 5.75 Å². The van der Waals surface area contributed by atoms with E-state index in [1.165, 1.54) is 0 Å². The van der Waals surface area contributed by atoms with Gasteiger partial charge in [-0.15, -0.1) is 0 Å². The highest BCUT2D eigenvalue weighted by molar-refractivity contribution is 5.80. The van der Waals surface area contributed by atoms with Gasteiger partial charge in [0, 0.05) is 12.1 Å². The molecule has 120 valence electrons. The Morgan fingerprint density at radius 3 is 2.64 bits per heavy atom. The van der Waals surface area contributed by atoms with Crippen LogP contribution in [0.25, 0.3) is 0 Å². The minimum atomic E-state index is -2.13. The molecule has 0 aliphatic carbocycles. The van der Waals surface area contributed by atoms with Gasteiger partial charge in [0.05, 0.1) is 11.5 Å². The largest absolute Gasteiger partial charge is 0.484 e. The Morgan fingerprint density at radius 2 is 2.14 bits per heavy atom. The lowest BCUT2D eigenvalue weighted by Crippen LogP contribution is -2.47. The van der Waals surface area contributed by atoms with E-state index < -0.39 is 47.1 Å². The van der Waals surface area contributed by atoms with Crippen molar-refractivity contribution >= 4 is 17.6 Å². The van der Waals surface area contributed by atoms with E-state index >= 15 is 0 Å². The van der Waals surface area contributed by atoms with E-state index in [0.29, 0.717) is 0 Å². The first-order chi connectivity index (χ1) is 10.1. The van der Waals surface area contributed by atoms with Crippen molar-refractivity contribution in [3.05, 3.63) is 34.1 Å². The average Bonchev–Trinajstić information content (AvgIpc) is 2.42. The predicted octanol–water partition coefficient (Wildman–Crippen LogP) is 0.0645. The lowest BCUT2D eigenvalue weighted by molar-refractivity contribution is -0.387. The van der Waals surface area contributed by atoms with Crippen LogP contribution in [0.5, 0.6) is 5.75 Å². The van der Waals surface area contributed by atoms with Gasteiger partial charge >= 0.3 is 11.7 Å². The van der Waals surface area contributed by atoms with Gasteiger partial charge in [-0.25, -0.2) is 4.79 Å². The highest BCUT2D eigenvalue weighted by Gasteiger charge is 2.30. The Bertz CT molecular complexity index is 603. The number of carboxylic acid groups (broad SMARTS) is 1. The van der Waals surface area contributed by atoms with E-state index in [2.05, 4.69) is 5.32 Å². The van der Waals surface area contributed by atoms with Gasteiger partial charge in [0.15, 0.2) is 12.2 Å². The van der Waals surface area contributed by atoms with Crippen LogP contribution in [0.3, 0.4) is 0 Å². The number of rotatable bonds is 7. The third kappa shape index (κ3) is 4.66. The molecule has 10 heteroatoms. The van der Waals surface area contributed by atoms with Crippen LogP contribution in [-0.2, 0) is 9.59 Å². The standard InChI is InChI=1S/C12H13FN2O7/c1-12(19,11(17)18)6-14-10(16)5-22-7-2-3-9(15(20)21)8(13)4-7/h2-4,19H,5-6H2,1H3,(H,14,16)(H,17,18). The molecule has 0 heterocycles. The second kappa shape index (κ2) is 6.80. The van der Waals surface area contributed by atoms with Crippen molar-refractivity contribution in [1.29, 1.82) is 0 Å². The number of hydrogen-bond acceptors (Lipinski definition) is 6. The van der Waals surface area contributed by atoms with Crippen LogP contribution in [0, 0.1) is 15.9 Å². The molecule has 0 saturated carbocycles. The van der Waals surface area contributed by atoms with Crippen molar-refractivity contribution in [3.63, 3.8) is 0 Å². The molecule has 22 heavy (non-hydrogen) atoms. The van der Waals surface area contributed by atoms with Gasteiger partial charge in [-0.1, -0.05) is 0 Å². The second-order valence-corrected chi connectivity index (χ2v) is 4.51. The number of aliphatic carboxylic acids is 1. The molecule has 3 N–H and O–H groups in total. The number of nitro groups is 1. The van der Waals surface area contributed by atoms with Crippen LogP contribution >= 0.6 is 0 Å². The summed E-state index contributed by atoms with van der Waals surface area (Å²) in [5.41, 5.74) is -2.86. The van der Waals surface area contributed by atoms with Crippen LogP contribution < -0.4 is 10.1 Å². The molecule has 0 saturated heterocycles. The van der Waals surface area contributed by atoms with Gasteiger partial charge in [0.2, 0.25) is 5.82 Å². The number of carboxylic acids is 1. The summed E-state index contributed by atoms with van der Waals surface area (Å²) in [6.07, 6.45) is 0. The molecule has 1 atom stereocenters. The zero-order valence-electron chi connectivity index (χ0n) is 11.4. The number of benzene rings is 1. The zero-order chi connectivity index (χ0) is 16.9. The normalized spacial score (nSPS) is 13.0. The van der Waals surface area contributed by atoms with E-state index in [1.807, 2.05) is 0 Å². The third-order valence-corrected chi connectivity index (χ3v) is 2.58. The molecule has 0 bridgehead atoms. The summed E-state index contributed by atoms with van der Waals surface area (Å²) in [6.45, 7) is -0.117. The van der Waals surface area contributed by atoms with Gasteiger partial charge in [-0.3, -0.25) is 14.9 Å². The van der Waals surface area contributed by atoms with Crippen LogP contribution in [-0.4, -0.2) is 45.8 Å². The van der Waals surface area contributed by atoms with Crippen molar-refractivity contribution in [1.82, 2.24) is 5.32 Å². The Balaban J connectivity index is 2.53. The maximum Gasteiger partial charge on any atom is 0.337 e. The number of nitrogens with one attached hydrogen (secondary N) is 1. The Labute approximate surface area is 123 Å². The molecule has 1 amide bonds. The molecule has 1 rings (SSSR count). The molecule has 1 aromatic rings. The number of hydrogen-bond donors (Lipinski definition) is 3. The smallest absolute Gasteiger partial charge is 0.337 e. The third-order valence-electron chi connectivity index (χ3n) is 2.58. The van der Waals surface area contributed by atoms with Crippen molar-refractivity contribution in [2.75, 3.05) is 13.2 Å². The fourth-order valence-electron chi connectivity index (χ4n) is 1.27. The van der Waals surface area contributed by atoms with Gasteiger partial charge in [0.25, 0.3) is 5.91 Å². The number of ether oxygens (including phenoxy) is 1. The van der Waals surface area contributed by atoms with Crippen molar-refractivity contribution in [2.24, 2.45) is 0 Å². The topological polar surface area (TPSA) is 139 Å². The molecule has 0 fully saturated rings. The summed E-state index contributed by atoms with van der Waals surface area (Å²) in [6, 6.07) is 2.75. The maximum absolute atomic E-state index is 13.3. The number of halogens is 1. The summed E-state index contributed by atoms with van der Waals surface area (Å²) < 4.78 is 18.2. The number of carbonyl (C=O) groups is 2. The molecular formula is C12H13FN2O7. The van der Waals surface area contributed by atoms with Crippen molar-refractivity contribution in [3.8, 4) is 5.75 Å². The summed E-state index contributed by atoms with van der Waals surface area (Å²) in [5.74, 6) is -3.48. The molecule has 0 aliphatic heterocycles. The van der Waals surface area contributed by atoms with Crippen molar-refractivity contribution < 1.29 is 33.9 Å².